The average Bonchev–Trinajstić information content (AvgIpc) is 2.69. The smallest absolute Gasteiger partial charge is 0.247 e. The van der Waals surface area contributed by atoms with Crippen LogP contribution >= 0.6 is 0 Å². The van der Waals surface area contributed by atoms with E-state index in [-0.39, 0.29) is 29.6 Å². The monoisotopic (exact) mass is 404 g/mol. The third-order valence-electron chi connectivity index (χ3n) is 4.57. The Morgan fingerprint density at radius 1 is 1.04 bits per heavy atom. The molecule has 0 aliphatic rings. The third-order valence-corrected chi connectivity index (χ3v) is 6.38. The van der Waals surface area contributed by atoms with Gasteiger partial charge >= 0.3 is 0 Å². The van der Waals surface area contributed by atoms with Crippen LogP contribution in [0.25, 0.3) is 0 Å². The predicted octanol–water partition coefficient (Wildman–Crippen LogP) is 3.06. The van der Waals surface area contributed by atoms with Gasteiger partial charge in [0.1, 0.15) is 10.6 Å². The number of benzene rings is 2. The highest BCUT2D eigenvalue weighted by molar-refractivity contribution is 7.89. The summed E-state index contributed by atoms with van der Waals surface area (Å²) in [7, 11) is -2.51. The molecule has 0 spiro atoms. The van der Waals surface area contributed by atoms with E-state index in [4.69, 9.17) is 4.74 Å². The molecule has 2 rings (SSSR count). The standard InChI is InChI=1S/C21H28N2O4S/c1-5-22(6-2)21(24)16-23(15-18-10-8-7-9-11-18)28(25,26)20-14-17(3)12-13-19(20)27-4/h7-14H,5-6,15-16H2,1-4H3. The third kappa shape index (κ3) is 5.11. The van der Waals surface area contributed by atoms with Gasteiger partial charge in [-0.25, -0.2) is 8.42 Å². The number of amides is 1. The number of hydrogen-bond acceptors (Lipinski definition) is 4. The molecule has 0 N–H and O–H groups in total. The zero-order valence-corrected chi connectivity index (χ0v) is 17.7. The van der Waals surface area contributed by atoms with Crippen molar-refractivity contribution in [3.05, 3.63) is 59.7 Å². The Balaban J connectivity index is 2.47. The van der Waals surface area contributed by atoms with Crippen LogP contribution in [0, 0.1) is 6.92 Å². The first-order valence-electron chi connectivity index (χ1n) is 9.30. The van der Waals surface area contributed by atoms with Crippen LogP contribution in [0.4, 0.5) is 0 Å². The van der Waals surface area contributed by atoms with Crippen molar-refractivity contribution >= 4 is 15.9 Å². The molecule has 6 nitrogen and oxygen atoms in total. The number of rotatable bonds is 9. The van der Waals surface area contributed by atoms with Crippen LogP contribution in [-0.4, -0.2) is 50.3 Å². The molecule has 0 fully saturated rings. The van der Waals surface area contributed by atoms with Crippen molar-refractivity contribution in [1.29, 1.82) is 0 Å². The normalized spacial score (nSPS) is 11.5. The molecule has 0 heterocycles. The van der Waals surface area contributed by atoms with Gasteiger partial charge in [0, 0.05) is 19.6 Å². The minimum atomic E-state index is -3.95. The number of carbonyl (C=O) groups is 1. The number of likely N-dealkylation sites (N-methyl/N-ethyl adjacent to an activating group) is 1. The van der Waals surface area contributed by atoms with Gasteiger partial charge in [-0.3, -0.25) is 4.79 Å². The number of methoxy groups -OCH3 is 1. The molecule has 0 saturated heterocycles. The zero-order valence-electron chi connectivity index (χ0n) is 16.9. The molecule has 28 heavy (non-hydrogen) atoms. The number of hydrogen-bond donors (Lipinski definition) is 0. The van der Waals surface area contributed by atoms with Crippen LogP contribution < -0.4 is 4.74 Å². The average molecular weight is 405 g/mol. The first-order chi connectivity index (χ1) is 13.3. The molecule has 2 aromatic carbocycles. The SMILES string of the molecule is CCN(CC)C(=O)CN(Cc1ccccc1)S(=O)(=O)c1cc(C)ccc1OC. The van der Waals surface area contributed by atoms with E-state index >= 15 is 0 Å². The molecule has 7 heteroatoms. The highest BCUT2D eigenvalue weighted by Gasteiger charge is 2.30. The van der Waals surface area contributed by atoms with E-state index in [1.54, 1.807) is 23.1 Å². The Bertz CT molecular complexity index is 894. The summed E-state index contributed by atoms with van der Waals surface area (Å²) in [5.74, 6) is 0.0371. The fraction of sp³-hybridized carbons (Fsp3) is 0.381. The Morgan fingerprint density at radius 3 is 2.25 bits per heavy atom. The van der Waals surface area contributed by atoms with Crippen molar-refractivity contribution in [3.8, 4) is 5.75 Å². The highest BCUT2D eigenvalue weighted by atomic mass is 32.2. The second kappa shape index (κ2) is 9.71. The van der Waals surface area contributed by atoms with Crippen molar-refractivity contribution in [2.45, 2.75) is 32.2 Å². The summed E-state index contributed by atoms with van der Waals surface area (Å²) in [5, 5.41) is 0. The van der Waals surface area contributed by atoms with E-state index in [9.17, 15) is 13.2 Å². The van der Waals surface area contributed by atoms with Crippen LogP contribution in [0.1, 0.15) is 25.0 Å². The number of ether oxygens (including phenoxy) is 1. The van der Waals surface area contributed by atoms with Crippen LogP contribution in [-0.2, 0) is 21.4 Å². The lowest BCUT2D eigenvalue weighted by Crippen LogP contribution is -2.42. The predicted molar refractivity (Wildman–Crippen MR) is 110 cm³/mol. The summed E-state index contributed by atoms with van der Waals surface area (Å²) in [6, 6.07) is 14.3. The summed E-state index contributed by atoms with van der Waals surface area (Å²) < 4.78 is 33.5. The van der Waals surface area contributed by atoms with Gasteiger partial charge < -0.3 is 9.64 Å². The Labute approximate surface area is 167 Å². The first kappa shape index (κ1) is 21.9. The lowest BCUT2D eigenvalue weighted by Gasteiger charge is -2.26. The largest absolute Gasteiger partial charge is 0.495 e. The van der Waals surface area contributed by atoms with E-state index in [2.05, 4.69) is 0 Å². The van der Waals surface area contributed by atoms with Crippen molar-refractivity contribution in [2.24, 2.45) is 0 Å². The van der Waals surface area contributed by atoms with E-state index < -0.39 is 10.0 Å². The summed E-state index contributed by atoms with van der Waals surface area (Å²) in [6.07, 6.45) is 0. The molecule has 0 aliphatic carbocycles. The molecule has 0 saturated carbocycles. The van der Waals surface area contributed by atoms with Crippen molar-refractivity contribution in [1.82, 2.24) is 9.21 Å². The zero-order chi connectivity index (χ0) is 20.7. The second-order valence-electron chi connectivity index (χ2n) is 6.48. The molecular weight excluding hydrogens is 376 g/mol. The first-order valence-corrected chi connectivity index (χ1v) is 10.7. The maximum absolute atomic E-state index is 13.5. The lowest BCUT2D eigenvalue weighted by molar-refractivity contribution is -0.131. The van der Waals surface area contributed by atoms with E-state index in [1.807, 2.05) is 51.1 Å². The van der Waals surface area contributed by atoms with Crippen LogP contribution in [0.5, 0.6) is 5.75 Å². The van der Waals surface area contributed by atoms with Crippen molar-refractivity contribution in [3.63, 3.8) is 0 Å². The Hall–Kier alpha value is -2.38. The van der Waals surface area contributed by atoms with Crippen LogP contribution in [0.2, 0.25) is 0 Å². The highest BCUT2D eigenvalue weighted by Crippen LogP contribution is 2.28. The van der Waals surface area contributed by atoms with Gasteiger partial charge in [-0.2, -0.15) is 4.31 Å². The topological polar surface area (TPSA) is 66.9 Å². The molecule has 152 valence electrons. The van der Waals surface area contributed by atoms with Gasteiger partial charge in [0.2, 0.25) is 15.9 Å². The fourth-order valence-electron chi connectivity index (χ4n) is 2.96. The minimum absolute atomic E-state index is 0.0679. The Kier molecular flexibility index (Phi) is 7.60. The lowest BCUT2D eigenvalue weighted by atomic mass is 10.2. The van der Waals surface area contributed by atoms with Gasteiger partial charge in [0.15, 0.2) is 0 Å². The number of nitrogens with zero attached hydrogens (tertiary/aromatic N) is 2. The fourth-order valence-corrected chi connectivity index (χ4v) is 4.58. The van der Waals surface area contributed by atoms with Gasteiger partial charge in [-0.1, -0.05) is 36.4 Å². The summed E-state index contributed by atoms with van der Waals surface area (Å²) >= 11 is 0. The molecule has 0 atom stereocenters. The molecule has 0 radical (unpaired) electrons. The summed E-state index contributed by atoms with van der Waals surface area (Å²) in [5.41, 5.74) is 1.61. The van der Waals surface area contributed by atoms with E-state index in [0.717, 1.165) is 11.1 Å². The number of sulfonamides is 1. The van der Waals surface area contributed by atoms with Crippen molar-refractivity contribution in [2.75, 3.05) is 26.7 Å². The molecule has 2 aromatic rings. The van der Waals surface area contributed by atoms with Gasteiger partial charge in [-0.05, 0) is 44.0 Å². The quantitative estimate of drug-likeness (QED) is 0.644. The van der Waals surface area contributed by atoms with Crippen LogP contribution in [0.15, 0.2) is 53.4 Å². The molecule has 1 amide bonds. The second-order valence-corrected chi connectivity index (χ2v) is 8.39. The minimum Gasteiger partial charge on any atom is -0.495 e. The number of aryl methyl sites for hydroxylation is 1. The summed E-state index contributed by atoms with van der Waals surface area (Å²) in [4.78, 5) is 14.4. The Morgan fingerprint density at radius 2 is 1.68 bits per heavy atom. The molecular formula is C21H28N2O4S. The van der Waals surface area contributed by atoms with E-state index in [0.29, 0.717) is 13.1 Å². The van der Waals surface area contributed by atoms with Crippen molar-refractivity contribution < 1.29 is 17.9 Å². The molecule has 0 aliphatic heterocycles. The molecule has 0 unspecified atom stereocenters. The van der Waals surface area contributed by atoms with Crippen LogP contribution in [0.3, 0.4) is 0 Å². The van der Waals surface area contributed by atoms with Gasteiger partial charge in [-0.15, -0.1) is 0 Å². The molecule has 0 bridgehead atoms. The maximum atomic E-state index is 13.5. The summed E-state index contributed by atoms with van der Waals surface area (Å²) in [6.45, 7) is 6.51. The van der Waals surface area contributed by atoms with Gasteiger partial charge in [0.05, 0.1) is 13.7 Å². The van der Waals surface area contributed by atoms with E-state index in [1.165, 1.54) is 11.4 Å². The number of carbonyl (C=O) groups excluding carboxylic acids is 1. The van der Waals surface area contributed by atoms with Gasteiger partial charge in [0.25, 0.3) is 0 Å². The maximum Gasteiger partial charge on any atom is 0.247 e. The molecule has 0 aromatic heterocycles.